The molecule has 0 aromatic heterocycles. The average Bonchev–Trinajstić information content (AvgIpc) is 2.17. The van der Waals surface area contributed by atoms with Crippen LogP contribution in [-0.2, 0) is 6.42 Å². The Hall–Kier alpha value is -1.02. The van der Waals surface area contributed by atoms with Crippen LogP contribution in [0.4, 0.5) is 0 Å². The highest BCUT2D eigenvalue weighted by Crippen LogP contribution is 2.36. The molecule has 1 atom stereocenters. The van der Waals surface area contributed by atoms with Gasteiger partial charge in [0.15, 0.2) is 0 Å². The molecule has 0 spiro atoms. The number of phenols is 1. The minimum absolute atomic E-state index is 0.308. The highest BCUT2D eigenvalue weighted by Gasteiger charge is 2.21. The van der Waals surface area contributed by atoms with E-state index in [0.29, 0.717) is 5.75 Å². The maximum absolute atomic E-state index is 9.79. The summed E-state index contributed by atoms with van der Waals surface area (Å²) in [7, 11) is 0. The molecule has 0 amide bonds. The summed E-state index contributed by atoms with van der Waals surface area (Å²) in [4.78, 5) is 0. The Morgan fingerprint density at radius 3 is 2.71 bits per heavy atom. The van der Waals surface area contributed by atoms with E-state index in [0.717, 1.165) is 36.0 Å². The van der Waals surface area contributed by atoms with Crippen molar-refractivity contribution in [1.82, 2.24) is 0 Å². The summed E-state index contributed by atoms with van der Waals surface area (Å²) in [6.45, 7) is 3.94. The van der Waals surface area contributed by atoms with E-state index in [1.165, 1.54) is 5.56 Å². The van der Waals surface area contributed by atoms with Crippen LogP contribution in [0.3, 0.4) is 0 Å². The first-order valence-corrected chi connectivity index (χ1v) is 5.11. The molecule has 2 N–H and O–H groups in total. The zero-order valence-electron chi connectivity index (χ0n) is 8.67. The van der Waals surface area contributed by atoms with Crippen LogP contribution >= 0.6 is 0 Å². The van der Waals surface area contributed by atoms with Crippen molar-refractivity contribution >= 4 is 0 Å². The van der Waals surface area contributed by atoms with Gasteiger partial charge in [-0.25, -0.2) is 0 Å². The quantitative estimate of drug-likeness (QED) is 0.662. The van der Waals surface area contributed by atoms with Crippen molar-refractivity contribution in [3.05, 3.63) is 28.3 Å². The molecule has 1 aromatic carbocycles. The lowest BCUT2D eigenvalue weighted by atomic mass is 9.84. The second-order valence-electron chi connectivity index (χ2n) is 4.12. The third-order valence-corrected chi connectivity index (χ3v) is 3.30. The third-order valence-electron chi connectivity index (χ3n) is 3.30. The van der Waals surface area contributed by atoms with E-state index >= 15 is 0 Å². The van der Waals surface area contributed by atoms with Crippen molar-refractivity contribution < 1.29 is 10.2 Å². The van der Waals surface area contributed by atoms with E-state index in [2.05, 4.69) is 0 Å². The Bertz CT molecular complexity index is 369. The van der Waals surface area contributed by atoms with Gasteiger partial charge in [0.05, 0.1) is 6.10 Å². The number of hydrogen-bond acceptors (Lipinski definition) is 2. The van der Waals surface area contributed by atoms with E-state index in [1.807, 2.05) is 13.8 Å². The van der Waals surface area contributed by atoms with Crippen molar-refractivity contribution in [2.24, 2.45) is 0 Å². The second-order valence-corrected chi connectivity index (χ2v) is 4.12. The second kappa shape index (κ2) is 3.28. The predicted octanol–water partition coefficient (Wildman–Crippen LogP) is 2.38. The smallest absolute Gasteiger partial charge is 0.119 e. The summed E-state index contributed by atoms with van der Waals surface area (Å²) in [5.74, 6) is 0.308. The van der Waals surface area contributed by atoms with Crippen molar-refractivity contribution in [3.63, 3.8) is 0 Å². The lowest BCUT2D eigenvalue weighted by Crippen LogP contribution is -2.11. The monoisotopic (exact) mass is 192 g/mol. The topological polar surface area (TPSA) is 40.5 Å². The Labute approximate surface area is 84.2 Å². The molecule has 14 heavy (non-hydrogen) atoms. The fourth-order valence-corrected chi connectivity index (χ4v) is 2.23. The molecule has 1 unspecified atom stereocenters. The van der Waals surface area contributed by atoms with Crippen molar-refractivity contribution in [1.29, 1.82) is 0 Å². The normalized spacial score (nSPS) is 20.6. The molecule has 0 bridgehead atoms. The van der Waals surface area contributed by atoms with Crippen LogP contribution in [0.25, 0.3) is 0 Å². The summed E-state index contributed by atoms with van der Waals surface area (Å²) in [5.41, 5.74) is 4.24. The van der Waals surface area contributed by atoms with Crippen LogP contribution in [0.1, 0.15) is 41.2 Å². The van der Waals surface area contributed by atoms with Gasteiger partial charge < -0.3 is 10.2 Å². The van der Waals surface area contributed by atoms with Gasteiger partial charge in [-0.1, -0.05) is 0 Å². The van der Waals surface area contributed by atoms with Crippen molar-refractivity contribution in [3.8, 4) is 5.75 Å². The van der Waals surface area contributed by atoms with E-state index in [4.69, 9.17) is 0 Å². The van der Waals surface area contributed by atoms with Gasteiger partial charge in [0.25, 0.3) is 0 Å². The number of aromatic hydroxyl groups is 1. The highest BCUT2D eigenvalue weighted by molar-refractivity contribution is 5.49. The Kier molecular flexibility index (Phi) is 2.23. The Morgan fingerprint density at radius 1 is 1.29 bits per heavy atom. The number of benzene rings is 1. The number of aliphatic hydroxyl groups is 1. The Morgan fingerprint density at radius 2 is 2.00 bits per heavy atom. The molecule has 1 aliphatic rings. The van der Waals surface area contributed by atoms with Gasteiger partial charge in [0.2, 0.25) is 0 Å². The van der Waals surface area contributed by atoms with Gasteiger partial charge in [0, 0.05) is 0 Å². The highest BCUT2D eigenvalue weighted by atomic mass is 16.3. The van der Waals surface area contributed by atoms with E-state index in [1.54, 1.807) is 6.07 Å². The number of aliphatic hydroxyl groups excluding tert-OH is 1. The average molecular weight is 192 g/mol. The van der Waals surface area contributed by atoms with Crippen LogP contribution in [0.5, 0.6) is 5.75 Å². The van der Waals surface area contributed by atoms with Crippen LogP contribution in [0.15, 0.2) is 6.07 Å². The minimum atomic E-state index is -0.385. The van der Waals surface area contributed by atoms with Crippen LogP contribution in [0, 0.1) is 13.8 Å². The summed E-state index contributed by atoms with van der Waals surface area (Å²) < 4.78 is 0. The van der Waals surface area contributed by atoms with Gasteiger partial charge in [-0.3, -0.25) is 0 Å². The van der Waals surface area contributed by atoms with Crippen molar-refractivity contribution in [2.45, 2.75) is 39.2 Å². The standard InChI is InChI=1S/C12H16O2/c1-7-8(2)12(14)6-10-9(7)4-3-5-11(10)13/h6,11,13-14H,3-5H2,1-2H3. The molecule has 0 heterocycles. The molecule has 0 fully saturated rings. The molecule has 0 saturated heterocycles. The molecule has 1 aliphatic carbocycles. The molecule has 0 saturated carbocycles. The molecule has 0 radical (unpaired) electrons. The Balaban J connectivity index is 2.63. The molecular formula is C12H16O2. The van der Waals surface area contributed by atoms with Gasteiger partial charge in [-0.15, -0.1) is 0 Å². The number of fused-ring (bicyclic) bond motifs is 1. The predicted molar refractivity (Wildman–Crippen MR) is 55.5 cm³/mol. The summed E-state index contributed by atoms with van der Waals surface area (Å²) >= 11 is 0. The van der Waals surface area contributed by atoms with Crippen LogP contribution in [0.2, 0.25) is 0 Å². The first-order chi connectivity index (χ1) is 6.61. The zero-order chi connectivity index (χ0) is 10.3. The number of hydrogen-bond donors (Lipinski definition) is 2. The first-order valence-electron chi connectivity index (χ1n) is 5.11. The third kappa shape index (κ3) is 1.30. The molecule has 76 valence electrons. The lowest BCUT2D eigenvalue weighted by molar-refractivity contribution is 0.156. The summed E-state index contributed by atoms with van der Waals surface area (Å²) in [5, 5.41) is 19.5. The summed E-state index contributed by atoms with van der Waals surface area (Å²) in [6, 6.07) is 1.72. The summed E-state index contributed by atoms with van der Waals surface area (Å²) in [6.07, 6.45) is 2.50. The first kappa shape index (κ1) is 9.53. The zero-order valence-corrected chi connectivity index (χ0v) is 8.67. The fraction of sp³-hybridized carbons (Fsp3) is 0.500. The van der Waals surface area contributed by atoms with Gasteiger partial charge >= 0.3 is 0 Å². The van der Waals surface area contributed by atoms with E-state index < -0.39 is 0 Å². The van der Waals surface area contributed by atoms with Crippen LogP contribution < -0.4 is 0 Å². The number of phenolic OH excluding ortho intramolecular Hbond substituents is 1. The minimum Gasteiger partial charge on any atom is -0.508 e. The van der Waals surface area contributed by atoms with Crippen molar-refractivity contribution in [2.75, 3.05) is 0 Å². The van der Waals surface area contributed by atoms with Gasteiger partial charge in [-0.2, -0.15) is 0 Å². The maximum Gasteiger partial charge on any atom is 0.119 e. The van der Waals surface area contributed by atoms with Gasteiger partial charge in [0.1, 0.15) is 5.75 Å². The molecular weight excluding hydrogens is 176 g/mol. The molecule has 2 rings (SSSR count). The van der Waals surface area contributed by atoms with E-state index in [-0.39, 0.29) is 6.10 Å². The molecule has 1 aromatic rings. The SMILES string of the molecule is Cc1c(O)cc2c(c1C)CCCC2O. The fourth-order valence-electron chi connectivity index (χ4n) is 2.23. The van der Waals surface area contributed by atoms with Gasteiger partial charge in [-0.05, 0) is 61.4 Å². The largest absolute Gasteiger partial charge is 0.508 e. The van der Waals surface area contributed by atoms with E-state index in [9.17, 15) is 10.2 Å². The van der Waals surface area contributed by atoms with Crippen LogP contribution in [-0.4, -0.2) is 10.2 Å². The molecule has 0 aliphatic heterocycles. The number of rotatable bonds is 0. The molecule has 2 nitrogen and oxygen atoms in total. The lowest BCUT2D eigenvalue weighted by Gasteiger charge is -2.24. The molecule has 2 heteroatoms. The maximum atomic E-state index is 9.79.